The van der Waals surface area contributed by atoms with Crippen LogP contribution in [0.3, 0.4) is 0 Å². The van der Waals surface area contributed by atoms with E-state index in [0.717, 1.165) is 42.9 Å². The predicted molar refractivity (Wildman–Crippen MR) is 93.7 cm³/mol. The summed E-state index contributed by atoms with van der Waals surface area (Å²) in [6, 6.07) is 8.58. The van der Waals surface area contributed by atoms with Crippen molar-refractivity contribution in [2.24, 2.45) is 0 Å². The van der Waals surface area contributed by atoms with Crippen molar-refractivity contribution < 1.29 is 0 Å². The van der Waals surface area contributed by atoms with Crippen LogP contribution in [0.25, 0.3) is 0 Å². The van der Waals surface area contributed by atoms with Crippen molar-refractivity contribution in [3.8, 4) is 6.07 Å². The van der Waals surface area contributed by atoms with Crippen LogP contribution in [0, 0.1) is 11.3 Å². The molecule has 1 aromatic carbocycles. The largest absolute Gasteiger partial charge is 0.397 e. The molecule has 0 bridgehead atoms. The van der Waals surface area contributed by atoms with Crippen molar-refractivity contribution in [2.45, 2.75) is 18.3 Å². The van der Waals surface area contributed by atoms with E-state index in [1.165, 1.54) is 0 Å². The first-order valence-electron chi connectivity index (χ1n) is 6.66. The molecule has 1 saturated heterocycles. The monoisotopic (exact) mass is 330 g/mol. The predicted octanol–water partition coefficient (Wildman–Crippen LogP) is 2.67. The highest BCUT2D eigenvalue weighted by Gasteiger charge is 2.35. The van der Waals surface area contributed by atoms with Crippen LogP contribution in [0.2, 0.25) is 0 Å². The smallest absolute Gasteiger partial charge is 0.0847 e. The lowest BCUT2D eigenvalue weighted by Gasteiger charge is -2.36. The normalized spacial score (nSPS) is 17.0. The molecule has 1 aromatic rings. The topological polar surface area (TPSA) is 56.3 Å². The number of piperidine rings is 1. The Balaban J connectivity index is 0.00000200. The molecular weight excluding hydrogens is 307 g/mol. The number of halogens is 2. The van der Waals surface area contributed by atoms with Crippen LogP contribution in [-0.4, -0.2) is 39.1 Å². The molecule has 1 fully saturated rings. The van der Waals surface area contributed by atoms with Crippen LogP contribution in [0.4, 0.5) is 11.4 Å². The molecule has 1 heterocycles. The van der Waals surface area contributed by atoms with E-state index >= 15 is 0 Å². The average Bonchev–Trinajstić information content (AvgIpc) is 2.39. The van der Waals surface area contributed by atoms with Gasteiger partial charge in [-0.15, -0.1) is 24.8 Å². The summed E-state index contributed by atoms with van der Waals surface area (Å²) in [4.78, 5) is 4.26. The van der Waals surface area contributed by atoms with Gasteiger partial charge in [-0.25, -0.2) is 0 Å². The third-order valence-electron chi connectivity index (χ3n) is 4.12. The van der Waals surface area contributed by atoms with Crippen LogP contribution in [0.15, 0.2) is 18.2 Å². The Labute approximate surface area is 139 Å². The number of rotatable bonds is 2. The highest BCUT2D eigenvalue weighted by molar-refractivity contribution is 5.85. The van der Waals surface area contributed by atoms with Crippen LogP contribution in [0.5, 0.6) is 0 Å². The van der Waals surface area contributed by atoms with E-state index < -0.39 is 0 Å². The van der Waals surface area contributed by atoms with Gasteiger partial charge in [-0.05, 0) is 50.7 Å². The molecule has 1 aliphatic rings. The Bertz CT molecular complexity index is 503. The van der Waals surface area contributed by atoms with Crippen molar-refractivity contribution in [1.29, 1.82) is 5.26 Å². The molecule has 6 heteroatoms. The van der Waals surface area contributed by atoms with Gasteiger partial charge in [0, 0.05) is 14.1 Å². The Hall–Kier alpha value is -1.15. The summed E-state index contributed by atoms with van der Waals surface area (Å²) in [5.74, 6) is 0. The molecule has 4 nitrogen and oxygen atoms in total. The SMILES string of the molecule is CN1CCC(C#N)(c2ccc(N(C)C)c(N)c2)CC1.Cl.Cl. The number of nitriles is 1. The van der Waals surface area contributed by atoms with Gasteiger partial charge in [0.1, 0.15) is 0 Å². The van der Waals surface area contributed by atoms with Crippen LogP contribution in [-0.2, 0) is 5.41 Å². The standard InChI is InChI=1S/C15H22N4.2ClH/c1-18(2)14-5-4-12(10-13(14)17)15(11-16)6-8-19(3)9-7-15;;/h4-5,10H,6-9,17H2,1-3H3;2*1H. The fraction of sp³-hybridized carbons (Fsp3) is 0.533. The molecule has 118 valence electrons. The number of nitrogens with two attached hydrogens (primary N) is 1. The fourth-order valence-electron chi connectivity index (χ4n) is 2.72. The van der Waals surface area contributed by atoms with E-state index in [9.17, 15) is 5.26 Å². The van der Waals surface area contributed by atoms with Crippen LogP contribution < -0.4 is 10.6 Å². The number of likely N-dealkylation sites (tertiary alicyclic amines) is 1. The number of anilines is 2. The second-order valence-corrected chi connectivity index (χ2v) is 5.67. The number of nitrogens with zero attached hydrogens (tertiary/aromatic N) is 3. The number of hydrogen-bond donors (Lipinski definition) is 1. The minimum Gasteiger partial charge on any atom is -0.397 e. The lowest BCUT2D eigenvalue weighted by atomic mass is 9.74. The zero-order valence-electron chi connectivity index (χ0n) is 12.8. The molecule has 2 rings (SSSR count). The summed E-state index contributed by atoms with van der Waals surface area (Å²) < 4.78 is 0. The van der Waals surface area contributed by atoms with Gasteiger partial charge in [0.2, 0.25) is 0 Å². The molecular formula is C15H24Cl2N4. The first kappa shape index (κ1) is 19.9. The summed E-state index contributed by atoms with van der Waals surface area (Å²) in [5.41, 5.74) is 8.55. The minimum atomic E-state index is -0.370. The Morgan fingerprint density at radius 2 is 1.81 bits per heavy atom. The van der Waals surface area contributed by atoms with Gasteiger partial charge in [0.15, 0.2) is 0 Å². The van der Waals surface area contributed by atoms with Gasteiger partial charge in [-0.1, -0.05) is 6.07 Å². The van der Waals surface area contributed by atoms with Crippen molar-refractivity contribution in [1.82, 2.24) is 4.90 Å². The van der Waals surface area contributed by atoms with E-state index in [1.54, 1.807) is 0 Å². The lowest BCUT2D eigenvalue weighted by Crippen LogP contribution is -2.40. The van der Waals surface area contributed by atoms with Gasteiger partial charge < -0.3 is 15.5 Å². The molecule has 0 unspecified atom stereocenters. The molecule has 0 amide bonds. The highest BCUT2D eigenvalue weighted by Crippen LogP contribution is 2.37. The Morgan fingerprint density at radius 1 is 1.24 bits per heavy atom. The summed E-state index contributed by atoms with van der Waals surface area (Å²) in [5, 5.41) is 9.63. The minimum absolute atomic E-state index is 0. The number of nitrogen functional groups attached to an aromatic ring is 1. The number of benzene rings is 1. The maximum atomic E-state index is 9.63. The molecule has 21 heavy (non-hydrogen) atoms. The van der Waals surface area contributed by atoms with Crippen LogP contribution >= 0.6 is 24.8 Å². The van der Waals surface area contributed by atoms with Gasteiger partial charge in [0.05, 0.1) is 22.9 Å². The van der Waals surface area contributed by atoms with Gasteiger partial charge in [-0.3, -0.25) is 0 Å². The molecule has 0 saturated carbocycles. The summed E-state index contributed by atoms with van der Waals surface area (Å²) in [6.45, 7) is 1.92. The van der Waals surface area contributed by atoms with E-state index in [4.69, 9.17) is 5.73 Å². The summed E-state index contributed by atoms with van der Waals surface area (Å²) >= 11 is 0. The van der Waals surface area contributed by atoms with Gasteiger partial charge in [-0.2, -0.15) is 5.26 Å². The number of hydrogen-bond acceptors (Lipinski definition) is 4. The highest BCUT2D eigenvalue weighted by atomic mass is 35.5. The molecule has 0 atom stereocenters. The maximum absolute atomic E-state index is 9.63. The second-order valence-electron chi connectivity index (χ2n) is 5.67. The molecule has 0 aliphatic carbocycles. The lowest BCUT2D eigenvalue weighted by molar-refractivity contribution is 0.222. The first-order valence-corrected chi connectivity index (χ1v) is 6.66. The van der Waals surface area contributed by atoms with Gasteiger partial charge >= 0.3 is 0 Å². The van der Waals surface area contributed by atoms with Crippen molar-refractivity contribution in [3.63, 3.8) is 0 Å². The first-order chi connectivity index (χ1) is 8.98. The van der Waals surface area contributed by atoms with E-state index in [2.05, 4.69) is 24.1 Å². The quantitative estimate of drug-likeness (QED) is 0.847. The molecule has 0 spiro atoms. The van der Waals surface area contributed by atoms with E-state index in [1.807, 2.05) is 31.1 Å². The van der Waals surface area contributed by atoms with Gasteiger partial charge in [0.25, 0.3) is 0 Å². The van der Waals surface area contributed by atoms with Crippen molar-refractivity contribution in [3.05, 3.63) is 23.8 Å². The third kappa shape index (κ3) is 3.94. The third-order valence-corrected chi connectivity index (χ3v) is 4.12. The zero-order valence-corrected chi connectivity index (χ0v) is 14.4. The van der Waals surface area contributed by atoms with Crippen molar-refractivity contribution >= 4 is 36.2 Å². The molecule has 0 radical (unpaired) electrons. The molecule has 1 aliphatic heterocycles. The van der Waals surface area contributed by atoms with E-state index in [-0.39, 0.29) is 30.2 Å². The second kappa shape index (κ2) is 7.74. The Morgan fingerprint density at radius 3 is 2.24 bits per heavy atom. The summed E-state index contributed by atoms with van der Waals surface area (Å²) in [7, 11) is 6.05. The molecule has 2 N–H and O–H groups in total. The van der Waals surface area contributed by atoms with Crippen molar-refractivity contribution in [2.75, 3.05) is 44.9 Å². The summed E-state index contributed by atoms with van der Waals surface area (Å²) in [6.07, 6.45) is 1.75. The fourth-order valence-corrected chi connectivity index (χ4v) is 2.72. The Kier molecular flexibility index (Phi) is 7.32. The maximum Gasteiger partial charge on any atom is 0.0847 e. The zero-order chi connectivity index (χ0) is 14.0. The molecule has 0 aromatic heterocycles. The van der Waals surface area contributed by atoms with Crippen LogP contribution in [0.1, 0.15) is 18.4 Å². The van der Waals surface area contributed by atoms with E-state index in [0.29, 0.717) is 0 Å². The average molecular weight is 331 g/mol.